The van der Waals surface area contributed by atoms with Gasteiger partial charge in [-0.3, -0.25) is 9.20 Å². The lowest BCUT2D eigenvalue weighted by atomic mass is 10.2. The molecule has 3 aromatic heterocycles. The van der Waals surface area contributed by atoms with Gasteiger partial charge in [0.1, 0.15) is 0 Å². The Balaban J connectivity index is 2.09. The summed E-state index contributed by atoms with van der Waals surface area (Å²) in [5, 5.41) is 10.3. The smallest absolute Gasteiger partial charge is 0.316 e. The summed E-state index contributed by atoms with van der Waals surface area (Å²) in [5.41, 5.74) is 2.09. The summed E-state index contributed by atoms with van der Waals surface area (Å²) >= 11 is 3.09. The Morgan fingerprint density at radius 1 is 1.45 bits per heavy atom. The summed E-state index contributed by atoms with van der Waals surface area (Å²) in [5.74, 6) is -0.0350. The Hall–Kier alpha value is -1.60. The van der Waals surface area contributed by atoms with Crippen molar-refractivity contribution in [2.75, 3.05) is 12.9 Å². The molecule has 0 radical (unpaired) electrons. The van der Waals surface area contributed by atoms with Crippen LogP contribution in [0.25, 0.3) is 15.7 Å². The van der Waals surface area contributed by atoms with Crippen molar-refractivity contribution in [3.05, 3.63) is 22.7 Å². The van der Waals surface area contributed by atoms with E-state index in [9.17, 15) is 4.79 Å². The average Bonchev–Trinajstić information content (AvgIpc) is 2.98. The molecule has 3 aromatic rings. The standard InChI is InChI=1S/C13H13N3O2S2/c1-7-8(2)20-9-4-5-16-12(11(7)9)14-15-13(16)19-6-10(17)18-3/h4-5H,6H2,1-3H3. The molecule has 0 amide bonds. The molecule has 20 heavy (non-hydrogen) atoms. The van der Waals surface area contributed by atoms with Crippen LogP contribution in [0, 0.1) is 13.8 Å². The second-order valence-electron chi connectivity index (χ2n) is 4.38. The van der Waals surface area contributed by atoms with E-state index >= 15 is 0 Å². The highest BCUT2D eigenvalue weighted by Gasteiger charge is 2.14. The third-order valence-electron chi connectivity index (χ3n) is 3.22. The molecular weight excluding hydrogens is 294 g/mol. The molecule has 0 bridgehead atoms. The quantitative estimate of drug-likeness (QED) is 0.550. The van der Waals surface area contributed by atoms with Crippen molar-refractivity contribution in [3.8, 4) is 0 Å². The molecule has 3 heterocycles. The van der Waals surface area contributed by atoms with E-state index in [1.165, 1.54) is 34.0 Å². The van der Waals surface area contributed by atoms with Crippen molar-refractivity contribution >= 4 is 44.8 Å². The minimum atomic E-state index is -0.268. The van der Waals surface area contributed by atoms with Crippen molar-refractivity contribution in [2.24, 2.45) is 0 Å². The number of aromatic nitrogens is 3. The predicted molar refractivity (Wildman–Crippen MR) is 80.6 cm³/mol. The fourth-order valence-corrected chi connectivity index (χ4v) is 3.86. The van der Waals surface area contributed by atoms with Crippen molar-refractivity contribution in [3.63, 3.8) is 0 Å². The molecule has 104 valence electrons. The topological polar surface area (TPSA) is 56.5 Å². The van der Waals surface area contributed by atoms with E-state index in [0.29, 0.717) is 5.16 Å². The largest absolute Gasteiger partial charge is 0.468 e. The molecule has 0 fully saturated rings. The first-order valence-electron chi connectivity index (χ1n) is 6.05. The number of hydrogen-bond donors (Lipinski definition) is 0. The third-order valence-corrected chi connectivity index (χ3v) is 5.31. The van der Waals surface area contributed by atoms with Crippen molar-refractivity contribution in [2.45, 2.75) is 19.0 Å². The van der Waals surface area contributed by atoms with Crippen LogP contribution in [-0.4, -0.2) is 33.4 Å². The molecule has 7 heteroatoms. The van der Waals surface area contributed by atoms with Crippen molar-refractivity contribution in [1.82, 2.24) is 14.6 Å². The number of hydrogen-bond acceptors (Lipinski definition) is 6. The molecule has 0 aliphatic rings. The number of rotatable bonds is 3. The van der Waals surface area contributed by atoms with Crippen LogP contribution >= 0.6 is 23.1 Å². The molecule has 0 N–H and O–H groups in total. The van der Waals surface area contributed by atoms with Gasteiger partial charge in [-0.1, -0.05) is 11.8 Å². The molecule has 3 rings (SSSR count). The van der Waals surface area contributed by atoms with Gasteiger partial charge in [-0.25, -0.2) is 0 Å². The Bertz CT molecular complexity index is 807. The highest BCUT2D eigenvalue weighted by atomic mass is 32.2. The second-order valence-corrected chi connectivity index (χ2v) is 6.58. The molecule has 0 unspecified atom stereocenters. The summed E-state index contributed by atoms with van der Waals surface area (Å²) in [7, 11) is 1.38. The summed E-state index contributed by atoms with van der Waals surface area (Å²) in [6.07, 6.45) is 1.95. The minimum absolute atomic E-state index is 0.233. The van der Waals surface area contributed by atoms with Crippen LogP contribution in [0.1, 0.15) is 10.4 Å². The molecular formula is C13H13N3O2S2. The van der Waals surface area contributed by atoms with Gasteiger partial charge in [0, 0.05) is 21.2 Å². The van der Waals surface area contributed by atoms with Crippen LogP contribution in [0.3, 0.4) is 0 Å². The van der Waals surface area contributed by atoms with Gasteiger partial charge in [0.25, 0.3) is 0 Å². The number of ether oxygens (including phenoxy) is 1. The van der Waals surface area contributed by atoms with Gasteiger partial charge in [-0.2, -0.15) is 0 Å². The lowest BCUT2D eigenvalue weighted by Gasteiger charge is -2.00. The van der Waals surface area contributed by atoms with E-state index in [-0.39, 0.29) is 11.7 Å². The maximum Gasteiger partial charge on any atom is 0.316 e. The number of pyridine rings is 1. The second kappa shape index (κ2) is 5.06. The van der Waals surface area contributed by atoms with Gasteiger partial charge >= 0.3 is 5.97 Å². The fourth-order valence-electron chi connectivity index (χ4n) is 2.05. The summed E-state index contributed by atoms with van der Waals surface area (Å²) < 4.78 is 7.78. The van der Waals surface area contributed by atoms with Gasteiger partial charge < -0.3 is 4.74 Å². The molecule has 0 saturated carbocycles. The Morgan fingerprint density at radius 3 is 3.00 bits per heavy atom. The first kappa shape index (κ1) is 13.4. The van der Waals surface area contributed by atoms with Crippen molar-refractivity contribution in [1.29, 1.82) is 0 Å². The number of fused-ring (bicyclic) bond motifs is 3. The maximum absolute atomic E-state index is 11.2. The zero-order valence-electron chi connectivity index (χ0n) is 11.3. The molecule has 0 aliphatic carbocycles. The number of nitrogens with zero attached hydrogens (tertiary/aromatic N) is 3. The van der Waals surface area contributed by atoms with Gasteiger partial charge in [0.05, 0.1) is 12.9 Å². The molecule has 0 aliphatic heterocycles. The lowest BCUT2D eigenvalue weighted by molar-refractivity contribution is -0.137. The number of aryl methyl sites for hydroxylation is 2. The number of thioether (sulfide) groups is 1. The Morgan fingerprint density at radius 2 is 2.25 bits per heavy atom. The van der Waals surface area contributed by atoms with Gasteiger partial charge in [0.15, 0.2) is 10.8 Å². The van der Waals surface area contributed by atoms with E-state index in [0.717, 1.165) is 11.0 Å². The number of esters is 1. The van der Waals surface area contributed by atoms with Gasteiger partial charge in [-0.15, -0.1) is 21.5 Å². The number of thiophene rings is 1. The summed E-state index contributed by atoms with van der Waals surface area (Å²) in [6, 6.07) is 2.07. The Kier molecular flexibility index (Phi) is 3.39. The molecule has 0 saturated heterocycles. The zero-order valence-corrected chi connectivity index (χ0v) is 13.0. The van der Waals surface area contributed by atoms with E-state index in [1.807, 2.05) is 10.6 Å². The van der Waals surface area contributed by atoms with Crippen LogP contribution in [-0.2, 0) is 9.53 Å². The minimum Gasteiger partial charge on any atom is -0.468 e. The van der Waals surface area contributed by atoms with Crippen LogP contribution in [0.5, 0.6) is 0 Å². The SMILES string of the molecule is COC(=O)CSc1nnc2c3c(C)c(C)sc3ccn12. The van der Waals surface area contributed by atoms with Crippen LogP contribution in [0.4, 0.5) is 0 Å². The van der Waals surface area contributed by atoms with Gasteiger partial charge in [0.2, 0.25) is 0 Å². The van der Waals surface area contributed by atoms with E-state index < -0.39 is 0 Å². The molecule has 0 spiro atoms. The summed E-state index contributed by atoms with van der Waals surface area (Å²) in [6.45, 7) is 4.21. The van der Waals surface area contributed by atoms with Crippen molar-refractivity contribution < 1.29 is 9.53 Å². The van der Waals surface area contributed by atoms with E-state index in [4.69, 9.17) is 0 Å². The average molecular weight is 307 g/mol. The zero-order chi connectivity index (χ0) is 14.3. The summed E-state index contributed by atoms with van der Waals surface area (Å²) in [4.78, 5) is 12.5. The third kappa shape index (κ3) is 2.06. The van der Waals surface area contributed by atoms with E-state index in [1.54, 1.807) is 11.3 Å². The molecule has 5 nitrogen and oxygen atoms in total. The highest BCUT2D eigenvalue weighted by Crippen LogP contribution is 2.33. The fraction of sp³-hybridized carbons (Fsp3) is 0.308. The molecule has 0 aromatic carbocycles. The lowest BCUT2D eigenvalue weighted by Crippen LogP contribution is -2.03. The maximum atomic E-state index is 11.2. The first-order chi connectivity index (χ1) is 9.61. The van der Waals surface area contributed by atoms with E-state index in [2.05, 4.69) is 34.8 Å². The predicted octanol–water partition coefficient (Wildman–Crippen LogP) is 2.83. The number of carbonyl (C=O) groups is 1. The monoisotopic (exact) mass is 307 g/mol. The number of carbonyl (C=O) groups excluding carboxylic acids is 1. The first-order valence-corrected chi connectivity index (χ1v) is 7.85. The Labute approximate surface area is 124 Å². The van der Waals surface area contributed by atoms with Crippen LogP contribution < -0.4 is 0 Å². The molecule has 0 atom stereocenters. The normalized spacial score (nSPS) is 11.3. The van der Waals surface area contributed by atoms with Crippen LogP contribution in [0.2, 0.25) is 0 Å². The number of methoxy groups -OCH3 is 1. The highest BCUT2D eigenvalue weighted by molar-refractivity contribution is 7.99. The van der Waals surface area contributed by atoms with Crippen LogP contribution in [0.15, 0.2) is 17.4 Å². The van der Waals surface area contributed by atoms with Gasteiger partial charge in [-0.05, 0) is 25.5 Å².